The number of fused-ring (bicyclic) bond motifs is 1. The Balaban J connectivity index is 1.41. The number of aromatic nitrogens is 3. The molecule has 2 fully saturated rings. The maximum atomic E-state index is 13.1. The van der Waals surface area contributed by atoms with E-state index >= 15 is 0 Å². The maximum Gasteiger partial charge on any atom is 0.433 e. The molecule has 8 nitrogen and oxygen atoms in total. The van der Waals surface area contributed by atoms with Gasteiger partial charge >= 0.3 is 6.18 Å². The number of alkyl halides is 3. The second-order valence-corrected chi connectivity index (χ2v) is 8.32. The number of hydrogen-bond acceptors (Lipinski definition) is 8. The second-order valence-electron chi connectivity index (χ2n) is 8.32. The number of piperidine rings is 1. The number of anilines is 1. The predicted molar refractivity (Wildman–Crippen MR) is 109 cm³/mol. The molecule has 5 rings (SSSR count). The van der Waals surface area contributed by atoms with Crippen molar-refractivity contribution in [2.24, 2.45) is 0 Å². The van der Waals surface area contributed by atoms with Crippen molar-refractivity contribution in [3.63, 3.8) is 0 Å². The number of benzene rings is 1. The van der Waals surface area contributed by atoms with Gasteiger partial charge in [-0.1, -0.05) is 24.3 Å². The molecular weight excluding hydrogens is 441 g/mol. The standard InChI is InChI=1S/C22H21F3N4O4/c1-21(2)31-15-12-29(20-27-19(33-28-20)13-7-4-3-5-8-13)11-14(18(15)32-21)30-17-10-6-9-16(26-17)22(23,24)25/h3-10,14-15,18H,11-12H2,1-2H3/t14-,15-,18+/m0/s1. The number of halogens is 3. The lowest BCUT2D eigenvalue weighted by atomic mass is 10.0. The van der Waals surface area contributed by atoms with Crippen molar-refractivity contribution >= 4 is 5.95 Å². The predicted octanol–water partition coefficient (Wildman–Crippen LogP) is 3.94. The van der Waals surface area contributed by atoms with E-state index in [9.17, 15) is 13.2 Å². The topological polar surface area (TPSA) is 82.7 Å². The summed E-state index contributed by atoms with van der Waals surface area (Å²) in [4.78, 5) is 9.90. The molecule has 4 heterocycles. The minimum absolute atomic E-state index is 0.151. The zero-order valence-corrected chi connectivity index (χ0v) is 17.8. The summed E-state index contributed by atoms with van der Waals surface area (Å²) in [5, 5.41) is 4.08. The van der Waals surface area contributed by atoms with Gasteiger partial charge in [0.15, 0.2) is 5.79 Å². The number of rotatable bonds is 4. The monoisotopic (exact) mass is 462 g/mol. The van der Waals surface area contributed by atoms with E-state index in [2.05, 4.69) is 15.1 Å². The van der Waals surface area contributed by atoms with E-state index in [4.69, 9.17) is 18.7 Å². The molecule has 0 amide bonds. The molecule has 0 radical (unpaired) electrons. The van der Waals surface area contributed by atoms with Gasteiger partial charge in [-0.25, -0.2) is 4.98 Å². The van der Waals surface area contributed by atoms with Gasteiger partial charge in [-0.15, -0.1) is 0 Å². The Morgan fingerprint density at radius 2 is 1.79 bits per heavy atom. The van der Waals surface area contributed by atoms with Crippen molar-refractivity contribution in [2.45, 2.75) is 44.1 Å². The van der Waals surface area contributed by atoms with E-state index in [-0.39, 0.29) is 12.4 Å². The summed E-state index contributed by atoms with van der Waals surface area (Å²) in [7, 11) is 0. The molecule has 0 unspecified atom stereocenters. The summed E-state index contributed by atoms with van der Waals surface area (Å²) in [6, 6.07) is 12.8. The normalized spacial score (nSPS) is 24.5. The Labute approximate surface area is 187 Å². The molecule has 2 aromatic heterocycles. The van der Waals surface area contributed by atoms with E-state index in [1.807, 2.05) is 30.3 Å². The SMILES string of the molecule is CC1(C)O[C@@H]2[C@@H](Oc3cccc(C(F)(F)F)n3)CN(c3noc(-c4ccccc4)n3)C[C@@H]2O1. The second kappa shape index (κ2) is 7.99. The van der Waals surface area contributed by atoms with Crippen LogP contribution in [-0.4, -0.2) is 52.3 Å². The molecule has 2 aliphatic rings. The van der Waals surface area contributed by atoms with Crippen molar-refractivity contribution in [3.05, 3.63) is 54.2 Å². The largest absolute Gasteiger partial charge is 0.470 e. The van der Waals surface area contributed by atoms with Crippen LogP contribution in [0, 0.1) is 0 Å². The molecule has 3 atom stereocenters. The van der Waals surface area contributed by atoms with Gasteiger partial charge in [0.2, 0.25) is 5.88 Å². The van der Waals surface area contributed by atoms with Crippen LogP contribution < -0.4 is 9.64 Å². The molecule has 0 saturated carbocycles. The highest BCUT2D eigenvalue weighted by atomic mass is 19.4. The van der Waals surface area contributed by atoms with Crippen LogP contribution in [0.25, 0.3) is 11.5 Å². The molecule has 11 heteroatoms. The lowest BCUT2D eigenvalue weighted by molar-refractivity contribution is -0.151. The van der Waals surface area contributed by atoms with Gasteiger partial charge < -0.3 is 23.6 Å². The summed E-state index contributed by atoms with van der Waals surface area (Å²) < 4.78 is 62.6. The third kappa shape index (κ3) is 4.51. The fraction of sp³-hybridized carbons (Fsp3) is 0.409. The fourth-order valence-corrected chi connectivity index (χ4v) is 4.04. The van der Waals surface area contributed by atoms with Crippen LogP contribution in [0.15, 0.2) is 53.1 Å². The third-order valence-electron chi connectivity index (χ3n) is 5.39. The first kappa shape index (κ1) is 21.7. The molecule has 2 aliphatic heterocycles. The minimum atomic E-state index is -4.58. The van der Waals surface area contributed by atoms with Crippen LogP contribution in [0.4, 0.5) is 19.1 Å². The van der Waals surface area contributed by atoms with Crippen molar-refractivity contribution in [3.8, 4) is 17.3 Å². The number of ether oxygens (including phenoxy) is 3. The highest BCUT2D eigenvalue weighted by Gasteiger charge is 2.51. The van der Waals surface area contributed by atoms with E-state index < -0.39 is 36.0 Å². The summed E-state index contributed by atoms with van der Waals surface area (Å²) in [6.07, 6.45) is -6.18. The Morgan fingerprint density at radius 1 is 1.00 bits per heavy atom. The molecule has 0 aliphatic carbocycles. The van der Waals surface area contributed by atoms with Crippen LogP contribution in [0.1, 0.15) is 19.5 Å². The van der Waals surface area contributed by atoms with E-state index in [1.54, 1.807) is 18.7 Å². The Hall–Kier alpha value is -3.18. The van der Waals surface area contributed by atoms with Gasteiger partial charge in [0.1, 0.15) is 24.0 Å². The van der Waals surface area contributed by atoms with Crippen LogP contribution in [0.5, 0.6) is 5.88 Å². The summed E-state index contributed by atoms with van der Waals surface area (Å²) in [6.45, 7) is 4.19. The van der Waals surface area contributed by atoms with E-state index in [0.717, 1.165) is 11.6 Å². The lowest BCUT2D eigenvalue weighted by Crippen LogP contribution is -2.56. The smallest absolute Gasteiger partial charge is 0.433 e. The first-order valence-electron chi connectivity index (χ1n) is 10.4. The summed E-state index contributed by atoms with van der Waals surface area (Å²) >= 11 is 0. The molecule has 0 N–H and O–H groups in total. The zero-order chi connectivity index (χ0) is 23.2. The molecule has 3 aromatic rings. The molecule has 0 spiro atoms. The van der Waals surface area contributed by atoms with Gasteiger partial charge in [-0.3, -0.25) is 0 Å². The Morgan fingerprint density at radius 3 is 2.55 bits per heavy atom. The maximum absolute atomic E-state index is 13.1. The molecule has 0 bridgehead atoms. The van der Waals surface area contributed by atoms with Crippen LogP contribution in [-0.2, 0) is 15.7 Å². The first-order valence-corrected chi connectivity index (χ1v) is 10.4. The molecule has 33 heavy (non-hydrogen) atoms. The van der Waals surface area contributed by atoms with E-state index in [0.29, 0.717) is 18.4 Å². The molecule has 174 valence electrons. The highest BCUT2D eigenvalue weighted by Crippen LogP contribution is 2.36. The van der Waals surface area contributed by atoms with Crippen molar-refractivity contribution < 1.29 is 31.9 Å². The number of pyridine rings is 1. The van der Waals surface area contributed by atoms with E-state index in [1.165, 1.54) is 12.1 Å². The van der Waals surface area contributed by atoms with Crippen LogP contribution in [0.3, 0.4) is 0 Å². The van der Waals surface area contributed by atoms with Crippen molar-refractivity contribution in [2.75, 3.05) is 18.0 Å². The van der Waals surface area contributed by atoms with Crippen LogP contribution >= 0.6 is 0 Å². The highest BCUT2D eigenvalue weighted by molar-refractivity contribution is 5.54. The quantitative estimate of drug-likeness (QED) is 0.577. The average Bonchev–Trinajstić information content (AvgIpc) is 3.38. The van der Waals surface area contributed by atoms with Crippen molar-refractivity contribution in [1.82, 2.24) is 15.1 Å². The molecule has 1 aromatic carbocycles. The molecule has 2 saturated heterocycles. The molecular formula is C22H21F3N4O4. The van der Waals surface area contributed by atoms with Gasteiger partial charge in [0.25, 0.3) is 11.8 Å². The zero-order valence-electron chi connectivity index (χ0n) is 17.8. The Bertz CT molecular complexity index is 1120. The lowest BCUT2D eigenvalue weighted by Gasteiger charge is -2.37. The van der Waals surface area contributed by atoms with Gasteiger partial charge in [-0.2, -0.15) is 18.2 Å². The first-order chi connectivity index (χ1) is 15.7. The Kier molecular flexibility index (Phi) is 5.25. The summed E-state index contributed by atoms with van der Waals surface area (Å²) in [5.74, 6) is -0.345. The summed E-state index contributed by atoms with van der Waals surface area (Å²) in [5.41, 5.74) is -0.257. The van der Waals surface area contributed by atoms with Gasteiger partial charge in [0, 0.05) is 11.6 Å². The van der Waals surface area contributed by atoms with Gasteiger partial charge in [-0.05, 0) is 37.2 Å². The van der Waals surface area contributed by atoms with Crippen molar-refractivity contribution in [1.29, 1.82) is 0 Å². The van der Waals surface area contributed by atoms with Gasteiger partial charge in [0.05, 0.1) is 13.1 Å². The minimum Gasteiger partial charge on any atom is -0.470 e. The number of hydrogen-bond donors (Lipinski definition) is 0. The van der Waals surface area contributed by atoms with Crippen LogP contribution in [0.2, 0.25) is 0 Å². The fourth-order valence-electron chi connectivity index (χ4n) is 4.04. The average molecular weight is 462 g/mol. The number of nitrogens with zero attached hydrogens (tertiary/aromatic N) is 4. The third-order valence-corrected chi connectivity index (χ3v) is 5.39.